The Morgan fingerprint density at radius 1 is 1.09 bits per heavy atom. The van der Waals surface area contributed by atoms with Crippen molar-refractivity contribution in [3.63, 3.8) is 0 Å². The van der Waals surface area contributed by atoms with Crippen LogP contribution in [0.1, 0.15) is 33.6 Å². The molecule has 1 fully saturated rings. The number of carbonyl (C=O) groups is 2. The molecule has 0 aliphatic carbocycles. The number of furan rings is 1. The van der Waals surface area contributed by atoms with E-state index in [0.717, 1.165) is 25.9 Å². The van der Waals surface area contributed by atoms with Crippen molar-refractivity contribution in [3.8, 4) is 0 Å². The smallest absolute Gasteiger partial charge is 0.257 e. The molecule has 0 spiro atoms. The van der Waals surface area contributed by atoms with E-state index < -0.39 is 0 Å². The maximum absolute atomic E-state index is 12.2. The first-order chi connectivity index (χ1) is 11.2. The van der Waals surface area contributed by atoms with E-state index in [9.17, 15) is 9.59 Å². The quantitative estimate of drug-likeness (QED) is 0.944. The highest BCUT2D eigenvalue weighted by molar-refractivity contribution is 5.94. The molecule has 0 atom stereocenters. The van der Waals surface area contributed by atoms with Crippen LogP contribution in [0.25, 0.3) is 0 Å². The largest absolute Gasteiger partial charge is 0.472 e. The van der Waals surface area contributed by atoms with E-state index in [2.05, 4.69) is 5.32 Å². The van der Waals surface area contributed by atoms with E-state index in [-0.39, 0.29) is 11.8 Å². The molecule has 3 rings (SSSR count). The third-order valence-corrected chi connectivity index (χ3v) is 4.26. The Kier molecular flexibility index (Phi) is 4.76. The van der Waals surface area contributed by atoms with E-state index in [1.165, 1.54) is 12.5 Å². The highest BCUT2D eigenvalue weighted by atomic mass is 16.3. The van der Waals surface area contributed by atoms with Gasteiger partial charge in [-0.3, -0.25) is 9.59 Å². The van der Waals surface area contributed by atoms with E-state index >= 15 is 0 Å². The van der Waals surface area contributed by atoms with E-state index in [1.807, 2.05) is 35.2 Å². The SMILES string of the molecule is O=C(NCC1CCN(C(=O)c2ccoc2)CC1)c1ccccc1. The Labute approximate surface area is 135 Å². The molecule has 5 heteroatoms. The summed E-state index contributed by atoms with van der Waals surface area (Å²) in [5.74, 6) is 0.393. The van der Waals surface area contributed by atoms with Gasteiger partial charge in [-0.1, -0.05) is 18.2 Å². The van der Waals surface area contributed by atoms with Gasteiger partial charge in [0.2, 0.25) is 0 Å². The molecule has 1 aromatic heterocycles. The zero-order valence-corrected chi connectivity index (χ0v) is 12.9. The van der Waals surface area contributed by atoms with Gasteiger partial charge in [0.15, 0.2) is 0 Å². The Bertz CT molecular complexity index is 644. The second kappa shape index (κ2) is 7.13. The molecule has 1 N–H and O–H groups in total. The molecule has 2 amide bonds. The molecule has 1 saturated heterocycles. The lowest BCUT2D eigenvalue weighted by Gasteiger charge is -2.31. The van der Waals surface area contributed by atoms with Crippen LogP contribution in [0.4, 0.5) is 0 Å². The molecule has 0 saturated carbocycles. The zero-order valence-electron chi connectivity index (χ0n) is 12.9. The Morgan fingerprint density at radius 2 is 1.83 bits per heavy atom. The standard InChI is InChI=1S/C18H20N2O3/c21-17(15-4-2-1-3-5-15)19-12-14-6-9-20(10-7-14)18(22)16-8-11-23-13-16/h1-5,8,11,13-14H,6-7,9-10,12H2,(H,19,21). The normalized spacial score (nSPS) is 15.4. The summed E-state index contributed by atoms with van der Waals surface area (Å²) in [5.41, 5.74) is 1.28. The predicted molar refractivity (Wildman–Crippen MR) is 86.1 cm³/mol. The molecule has 1 aromatic carbocycles. The highest BCUT2D eigenvalue weighted by Crippen LogP contribution is 2.18. The lowest BCUT2D eigenvalue weighted by molar-refractivity contribution is 0.0683. The third-order valence-electron chi connectivity index (χ3n) is 4.26. The molecule has 1 aliphatic rings. The first-order valence-corrected chi connectivity index (χ1v) is 7.89. The van der Waals surface area contributed by atoms with Gasteiger partial charge in [-0.2, -0.15) is 0 Å². The van der Waals surface area contributed by atoms with Gasteiger partial charge in [0.25, 0.3) is 11.8 Å². The predicted octanol–water partition coefficient (Wildman–Crippen LogP) is 2.56. The molecule has 2 aromatic rings. The van der Waals surface area contributed by atoms with Crippen LogP contribution in [-0.4, -0.2) is 36.3 Å². The minimum atomic E-state index is -0.0393. The molecule has 0 radical (unpaired) electrons. The number of benzene rings is 1. The van der Waals surface area contributed by atoms with Crippen LogP contribution in [0.2, 0.25) is 0 Å². The fraction of sp³-hybridized carbons (Fsp3) is 0.333. The van der Waals surface area contributed by atoms with Gasteiger partial charge in [-0.15, -0.1) is 0 Å². The van der Waals surface area contributed by atoms with Crippen LogP contribution in [-0.2, 0) is 0 Å². The van der Waals surface area contributed by atoms with Gasteiger partial charge in [-0.05, 0) is 37.0 Å². The Balaban J connectivity index is 1.44. The Hall–Kier alpha value is -2.56. The van der Waals surface area contributed by atoms with Crippen molar-refractivity contribution in [2.75, 3.05) is 19.6 Å². The third kappa shape index (κ3) is 3.80. The summed E-state index contributed by atoms with van der Waals surface area (Å²) in [7, 11) is 0. The van der Waals surface area contributed by atoms with Crippen LogP contribution in [0.15, 0.2) is 53.3 Å². The van der Waals surface area contributed by atoms with Crippen molar-refractivity contribution in [1.29, 1.82) is 0 Å². The summed E-state index contributed by atoms with van der Waals surface area (Å²) < 4.78 is 4.96. The fourth-order valence-electron chi connectivity index (χ4n) is 2.84. The number of carbonyl (C=O) groups excluding carboxylic acids is 2. The highest BCUT2D eigenvalue weighted by Gasteiger charge is 2.24. The molecule has 2 heterocycles. The summed E-state index contributed by atoms with van der Waals surface area (Å²) in [6, 6.07) is 10.9. The molecule has 5 nitrogen and oxygen atoms in total. The maximum atomic E-state index is 12.2. The number of rotatable bonds is 4. The number of piperidine rings is 1. The molecular weight excluding hydrogens is 292 g/mol. The number of hydrogen-bond acceptors (Lipinski definition) is 3. The van der Waals surface area contributed by atoms with Crippen molar-refractivity contribution in [1.82, 2.24) is 10.2 Å². The number of nitrogens with one attached hydrogen (secondary N) is 1. The molecule has 1 aliphatic heterocycles. The summed E-state index contributed by atoms with van der Waals surface area (Å²) >= 11 is 0. The molecule has 120 valence electrons. The summed E-state index contributed by atoms with van der Waals surface area (Å²) in [4.78, 5) is 26.1. The molecule has 0 bridgehead atoms. The van der Waals surface area contributed by atoms with Gasteiger partial charge in [0, 0.05) is 25.2 Å². The minimum Gasteiger partial charge on any atom is -0.472 e. The monoisotopic (exact) mass is 312 g/mol. The van der Waals surface area contributed by atoms with Crippen molar-refractivity contribution >= 4 is 11.8 Å². The Morgan fingerprint density at radius 3 is 2.48 bits per heavy atom. The van der Waals surface area contributed by atoms with Crippen molar-refractivity contribution in [2.45, 2.75) is 12.8 Å². The molecular formula is C18H20N2O3. The van der Waals surface area contributed by atoms with Crippen molar-refractivity contribution in [2.24, 2.45) is 5.92 Å². The average Bonchev–Trinajstić information content (AvgIpc) is 3.15. The van der Waals surface area contributed by atoms with Gasteiger partial charge < -0.3 is 14.6 Å². The number of nitrogens with zero attached hydrogens (tertiary/aromatic N) is 1. The lowest BCUT2D eigenvalue weighted by Crippen LogP contribution is -2.41. The van der Waals surface area contributed by atoms with Crippen LogP contribution in [0.3, 0.4) is 0 Å². The number of amides is 2. The topological polar surface area (TPSA) is 62.6 Å². The van der Waals surface area contributed by atoms with E-state index in [1.54, 1.807) is 6.07 Å². The van der Waals surface area contributed by atoms with Gasteiger partial charge >= 0.3 is 0 Å². The number of likely N-dealkylation sites (tertiary alicyclic amines) is 1. The van der Waals surface area contributed by atoms with Crippen LogP contribution in [0.5, 0.6) is 0 Å². The number of hydrogen-bond donors (Lipinski definition) is 1. The first-order valence-electron chi connectivity index (χ1n) is 7.89. The fourth-order valence-corrected chi connectivity index (χ4v) is 2.84. The summed E-state index contributed by atoms with van der Waals surface area (Å²) in [5, 5.41) is 2.98. The molecule has 23 heavy (non-hydrogen) atoms. The maximum Gasteiger partial charge on any atom is 0.257 e. The average molecular weight is 312 g/mol. The summed E-state index contributed by atoms with van der Waals surface area (Å²) in [6.45, 7) is 2.09. The van der Waals surface area contributed by atoms with Crippen LogP contribution in [0, 0.1) is 5.92 Å². The first kappa shape index (κ1) is 15.3. The van der Waals surface area contributed by atoms with Crippen LogP contribution >= 0.6 is 0 Å². The zero-order chi connectivity index (χ0) is 16.1. The van der Waals surface area contributed by atoms with Gasteiger partial charge in [0.1, 0.15) is 6.26 Å². The molecule has 0 unspecified atom stereocenters. The minimum absolute atomic E-state index is 0.0190. The van der Waals surface area contributed by atoms with Gasteiger partial charge in [0.05, 0.1) is 11.8 Å². The summed E-state index contributed by atoms with van der Waals surface area (Å²) in [6.07, 6.45) is 4.80. The van der Waals surface area contributed by atoms with Crippen molar-refractivity contribution in [3.05, 3.63) is 60.1 Å². The van der Waals surface area contributed by atoms with Crippen LogP contribution < -0.4 is 5.32 Å². The van der Waals surface area contributed by atoms with Crippen molar-refractivity contribution < 1.29 is 14.0 Å². The lowest BCUT2D eigenvalue weighted by atomic mass is 9.96. The van der Waals surface area contributed by atoms with Gasteiger partial charge in [-0.25, -0.2) is 0 Å². The van der Waals surface area contributed by atoms with E-state index in [4.69, 9.17) is 4.42 Å². The second-order valence-corrected chi connectivity index (χ2v) is 5.82. The van der Waals surface area contributed by atoms with E-state index in [0.29, 0.717) is 23.6 Å². The second-order valence-electron chi connectivity index (χ2n) is 5.82.